The number of carboxylic acids is 1. The SMILES string of the molecule is CCCC[C@H](C(=O)N[C@@H](CC(=O)O)c1ccc(-c2c(OC)cccc2OC)cc1)c1c(C)c[nH]c(=O)c1Cc1ccccc1. The van der Waals surface area contributed by atoms with Crippen LogP contribution in [0.1, 0.15) is 72.4 Å². The van der Waals surface area contributed by atoms with E-state index in [1.54, 1.807) is 20.4 Å². The molecule has 3 N–H and O–H groups in total. The van der Waals surface area contributed by atoms with Gasteiger partial charge in [-0.2, -0.15) is 0 Å². The molecule has 0 bridgehead atoms. The number of pyridine rings is 1. The molecule has 0 spiro atoms. The number of hydrogen-bond acceptors (Lipinski definition) is 5. The summed E-state index contributed by atoms with van der Waals surface area (Å²) in [5.74, 6) is -0.669. The van der Waals surface area contributed by atoms with Crippen LogP contribution in [0.25, 0.3) is 11.1 Å². The zero-order chi connectivity index (χ0) is 31.6. The van der Waals surface area contributed by atoms with Gasteiger partial charge in [0.05, 0.1) is 38.2 Å². The predicted octanol–water partition coefficient (Wildman–Crippen LogP) is 6.56. The van der Waals surface area contributed by atoms with Crippen molar-refractivity contribution in [2.45, 2.75) is 57.9 Å². The van der Waals surface area contributed by atoms with Crippen molar-refractivity contribution in [3.05, 3.63) is 117 Å². The van der Waals surface area contributed by atoms with Gasteiger partial charge in [0.25, 0.3) is 5.56 Å². The number of unbranched alkanes of at least 4 members (excludes halogenated alkanes) is 1. The number of aromatic nitrogens is 1. The van der Waals surface area contributed by atoms with Crippen molar-refractivity contribution >= 4 is 11.9 Å². The van der Waals surface area contributed by atoms with Gasteiger partial charge in [-0.1, -0.05) is 80.4 Å². The van der Waals surface area contributed by atoms with Gasteiger partial charge in [-0.25, -0.2) is 0 Å². The van der Waals surface area contributed by atoms with Gasteiger partial charge in [0.15, 0.2) is 0 Å². The summed E-state index contributed by atoms with van der Waals surface area (Å²) in [5.41, 5.74) is 5.07. The maximum absolute atomic E-state index is 14.1. The van der Waals surface area contributed by atoms with Crippen LogP contribution in [0.4, 0.5) is 0 Å². The zero-order valence-corrected chi connectivity index (χ0v) is 25.7. The van der Waals surface area contributed by atoms with Crippen molar-refractivity contribution in [1.82, 2.24) is 10.3 Å². The first-order valence-electron chi connectivity index (χ1n) is 14.9. The second-order valence-electron chi connectivity index (χ2n) is 10.9. The summed E-state index contributed by atoms with van der Waals surface area (Å²) < 4.78 is 11.1. The maximum Gasteiger partial charge on any atom is 0.305 e. The van der Waals surface area contributed by atoms with Crippen molar-refractivity contribution < 1.29 is 24.2 Å². The number of aliphatic carboxylic acids is 1. The molecular formula is C36H40N2O6. The van der Waals surface area contributed by atoms with Gasteiger partial charge in [0.1, 0.15) is 11.5 Å². The Morgan fingerprint density at radius 3 is 2.18 bits per heavy atom. The van der Waals surface area contributed by atoms with E-state index in [2.05, 4.69) is 17.2 Å². The molecule has 0 saturated carbocycles. The van der Waals surface area contributed by atoms with Crippen LogP contribution in [-0.4, -0.2) is 36.2 Å². The van der Waals surface area contributed by atoms with Gasteiger partial charge in [-0.05, 0) is 53.3 Å². The number of benzene rings is 3. The molecule has 1 heterocycles. The summed E-state index contributed by atoms with van der Waals surface area (Å²) in [6.07, 6.45) is 3.91. The van der Waals surface area contributed by atoms with Gasteiger partial charge in [-0.3, -0.25) is 14.4 Å². The third kappa shape index (κ3) is 7.56. The van der Waals surface area contributed by atoms with E-state index in [4.69, 9.17) is 9.47 Å². The standard InChI is InChI=1S/C36H40N2O6/c1-5-6-13-27(33-23(2)22-37-35(41)28(33)20-24-11-8-7-9-12-24)36(42)38-29(21-32(39)40)25-16-18-26(19-17-25)34-30(43-3)14-10-15-31(34)44-4/h7-12,14-19,22,27,29H,5-6,13,20-21H2,1-4H3,(H,37,41)(H,38,42)(H,39,40)/t27-,29-/m0/s1. The minimum Gasteiger partial charge on any atom is -0.496 e. The number of H-pyrrole nitrogens is 1. The smallest absolute Gasteiger partial charge is 0.305 e. The number of nitrogens with one attached hydrogen (secondary N) is 2. The Labute approximate surface area is 258 Å². The molecule has 1 amide bonds. The van der Waals surface area contributed by atoms with Crippen LogP contribution in [0.2, 0.25) is 0 Å². The first-order chi connectivity index (χ1) is 21.3. The molecule has 4 aromatic rings. The summed E-state index contributed by atoms with van der Waals surface area (Å²) >= 11 is 0. The van der Waals surface area contributed by atoms with E-state index in [-0.39, 0.29) is 17.9 Å². The highest BCUT2D eigenvalue weighted by Gasteiger charge is 2.29. The fourth-order valence-corrected chi connectivity index (χ4v) is 5.69. The quantitative estimate of drug-likeness (QED) is 0.152. The van der Waals surface area contributed by atoms with Gasteiger partial charge in [-0.15, -0.1) is 0 Å². The zero-order valence-electron chi connectivity index (χ0n) is 25.7. The summed E-state index contributed by atoms with van der Waals surface area (Å²) in [6.45, 7) is 3.95. The third-order valence-electron chi connectivity index (χ3n) is 7.90. The molecule has 8 heteroatoms. The summed E-state index contributed by atoms with van der Waals surface area (Å²) in [5, 5.41) is 12.8. The molecule has 0 fully saturated rings. The number of aromatic amines is 1. The summed E-state index contributed by atoms with van der Waals surface area (Å²) in [7, 11) is 3.18. The fourth-order valence-electron chi connectivity index (χ4n) is 5.69. The number of carboxylic acid groups (broad SMARTS) is 1. The topological polar surface area (TPSA) is 118 Å². The molecule has 3 aromatic carbocycles. The third-order valence-corrected chi connectivity index (χ3v) is 7.90. The second-order valence-corrected chi connectivity index (χ2v) is 10.9. The monoisotopic (exact) mass is 596 g/mol. The van der Waals surface area contributed by atoms with Crippen molar-refractivity contribution in [2.75, 3.05) is 14.2 Å². The molecule has 8 nitrogen and oxygen atoms in total. The van der Waals surface area contributed by atoms with Crippen molar-refractivity contribution in [3.63, 3.8) is 0 Å². The number of carbonyl (C=O) groups excluding carboxylic acids is 1. The fraction of sp³-hybridized carbons (Fsp3) is 0.306. The van der Waals surface area contributed by atoms with Crippen molar-refractivity contribution in [1.29, 1.82) is 0 Å². The number of carbonyl (C=O) groups is 2. The first-order valence-corrected chi connectivity index (χ1v) is 14.9. The Morgan fingerprint density at radius 1 is 0.932 bits per heavy atom. The molecule has 0 aliphatic rings. The number of hydrogen-bond donors (Lipinski definition) is 3. The molecular weight excluding hydrogens is 556 g/mol. The Morgan fingerprint density at radius 2 is 1.59 bits per heavy atom. The Hall–Kier alpha value is -4.85. The van der Waals surface area contributed by atoms with Gasteiger partial charge < -0.3 is 24.9 Å². The van der Waals surface area contributed by atoms with Crippen LogP contribution in [0.5, 0.6) is 11.5 Å². The molecule has 2 atom stereocenters. The van der Waals surface area contributed by atoms with E-state index in [0.717, 1.165) is 35.1 Å². The van der Waals surface area contributed by atoms with E-state index in [1.807, 2.05) is 79.7 Å². The Bertz CT molecular complexity index is 1610. The maximum atomic E-state index is 14.1. The van der Waals surface area contributed by atoms with Crippen LogP contribution < -0.4 is 20.3 Å². The largest absolute Gasteiger partial charge is 0.496 e. The van der Waals surface area contributed by atoms with E-state index in [1.165, 1.54) is 0 Å². The summed E-state index contributed by atoms with van der Waals surface area (Å²) in [4.78, 5) is 42.0. The lowest BCUT2D eigenvalue weighted by Gasteiger charge is -2.25. The molecule has 0 aliphatic carbocycles. The molecule has 44 heavy (non-hydrogen) atoms. The first kappa shape index (κ1) is 32.1. The number of ether oxygens (including phenoxy) is 2. The lowest BCUT2D eigenvalue weighted by Crippen LogP contribution is -2.35. The van der Waals surface area contributed by atoms with E-state index in [9.17, 15) is 19.5 Å². The average molecular weight is 597 g/mol. The van der Waals surface area contributed by atoms with Crippen molar-refractivity contribution in [2.24, 2.45) is 0 Å². The van der Waals surface area contributed by atoms with E-state index >= 15 is 0 Å². The molecule has 1 aromatic heterocycles. The highest BCUT2D eigenvalue weighted by Crippen LogP contribution is 2.39. The predicted molar refractivity (Wildman–Crippen MR) is 171 cm³/mol. The minimum atomic E-state index is -1.03. The Kier molecular flexibility index (Phi) is 11.0. The minimum absolute atomic E-state index is 0.229. The van der Waals surface area contributed by atoms with Gasteiger partial charge in [0, 0.05) is 18.2 Å². The lowest BCUT2D eigenvalue weighted by atomic mass is 9.85. The van der Waals surface area contributed by atoms with Crippen LogP contribution in [0.3, 0.4) is 0 Å². The highest BCUT2D eigenvalue weighted by molar-refractivity contribution is 5.85. The summed E-state index contributed by atoms with van der Waals surface area (Å²) in [6, 6.07) is 21.8. The Balaban J connectivity index is 1.69. The van der Waals surface area contributed by atoms with E-state index in [0.29, 0.717) is 41.0 Å². The van der Waals surface area contributed by atoms with Crippen LogP contribution in [0.15, 0.2) is 83.8 Å². The van der Waals surface area contributed by atoms with Crippen LogP contribution in [-0.2, 0) is 16.0 Å². The van der Waals surface area contributed by atoms with Gasteiger partial charge in [0.2, 0.25) is 5.91 Å². The highest BCUT2D eigenvalue weighted by atomic mass is 16.5. The van der Waals surface area contributed by atoms with Crippen LogP contribution >= 0.6 is 0 Å². The number of amides is 1. The normalized spacial score (nSPS) is 12.3. The van der Waals surface area contributed by atoms with E-state index < -0.39 is 17.9 Å². The number of methoxy groups -OCH3 is 2. The molecule has 0 unspecified atom stereocenters. The lowest BCUT2D eigenvalue weighted by molar-refractivity contribution is -0.137. The molecule has 230 valence electrons. The molecule has 0 radical (unpaired) electrons. The number of aryl methyl sites for hydroxylation is 1. The second kappa shape index (κ2) is 15.0. The molecule has 0 saturated heterocycles. The molecule has 4 rings (SSSR count). The average Bonchev–Trinajstić information content (AvgIpc) is 3.03. The van der Waals surface area contributed by atoms with Crippen LogP contribution in [0, 0.1) is 6.92 Å². The molecule has 0 aliphatic heterocycles. The van der Waals surface area contributed by atoms with Crippen molar-refractivity contribution in [3.8, 4) is 22.6 Å². The van der Waals surface area contributed by atoms with Gasteiger partial charge >= 0.3 is 5.97 Å². The number of rotatable bonds is 14.